The molecule has 0 unspecified atom stereocenters. The molecule has 82 valence electrons. The largest absolute Gasteiger partial charge is 0.439 e. The van der Waals surface area contributed by atoms with Gasteiger partial charge in [0.25, 0.3) is 10.5 Å². The molecule has 0 radical (unpaired) electrons. The van der Waals surface area contributed by atoms with Crippen molar-refractivity contribution >= 4 is 21.6 Å². The summed E-state index contributed by atoms with van der Waals surface area (Å²) in [5.41, 5.74) is 1.93. The number of aromatic nitrogens is 1. The highest BCUT2D eigenvalue weighted by atomic mass is 79.9. The highest BCUT2D eigenvalue weighted by Gasteiger charge is 2.13. The zero-order chi connectivity index (χ0) is 11.7. The first-order chi connectivity index (χ1) is 7.58. The lowest BCUT2D eigenvalue weighted by Crippen LogP contribution is -1.92. The van der Waals surface area contributed by atoms with Gasteiger partial charge >= 0.3 is 0 Å². The number of hydrogen-bond acceptors (Lipinski definition) is 4. The summed E-state index contributed by atoms with van der Waals surface area (Å²) >= 11 is 3.08. The van der Waals surface area contributed by atoms with E-state index in [0.717, 1.165) is 0 Å². The molecule has 0 aliphatic carbocycles. The Labute approximate surface area is 99.4 Å². The first-order valence-electron chi connectivity index (χ1n) is 4.44. The fourth-order valence-electron chi connectivity index (χ4n) is 1.35. The second-order valence-corrected chi connectivity index (χ2v) is 3.92. The number of aryl methyl sites for hydroxylation is 1. The molecule has 2 aromatic rings. The molecule has 1 aromatic heterocycles. The van der Waals surface area contributed by atoms with Crippen molar-refractivity contribution in [2.24, 2.45) is 0 Å². The van der Waals surface area contributed by atoms with Crippen LogP contribution in [0, 0.1) is 17.0 Å². The van der Waals surface area contributed by atoms with E-state index in [1.807, 2.05) is 0 Å². The number of oxazole rings is 1. The van der Waals surface area contributed by atoms with E-state index < -0.39 is 4.92 Å². The first-order valence-corrected chi connectivity index (χ1v) is 5.23. The predicted molar refractivity (Wildman–Crippen MR) is 61.0 cm³/mol. The average molecular weight is 283 g/mol. The lowest BCUT2D eigenvalue weighted by molar-refractivity contribution is -0.385. The summed E-state index contributed by atoms with van der Waals surface area (Å²) < 4.78 is 4.99. The smallest absolute Gasteiger partial charge is 0.272 e. The maximum Gasteiger partial charge on any atom is 0.272 e. The van der Waals surface area contributed by atoms with Gasteiger partial charge in [0.2, 0.25) is 0 Å². The van der Waals surface area contributed by atoms with Crippen molar-refractivity contribution in [3.63, 3.8) is 0 Å². The van der Waals surface area contributed by atoms with Crippen molar-refractivity contribution in [2.75, 3.05) is 0 Å². The Morgan fingerprint density at radius 3 is 2.81 bits per heavy atom. The van der Waals surface area contributed by atoms with Crippen LogP contribution in [0.5, 0.6) is 0 Å². The summed E-state index contributed by atoms with van der Waals surface area (Å²) in [7, 11) is 0. The molecular formula is C10H7BrN2O3. The summed E-state index contributed by atoms with van der Waals surface area (Å²) in [4.78, 5) is 14.7. The van der Waals surface area contributed by atoms with E-state index in [-0.39, 0.29) is 5.69 Å². The molecule has 0 amide bonds. The molecule has 0 saturated carbocycles. The van der Waals surface area contributed by atoms with Gasteiger partial charge in [-0.2, -0.15) is 0 Å². The van der Waals surface area contributed by atoms with Gasteiger partial charge in [0.1, 0.15) is 12.0 Å². The Balaban J connectivity index is 2.51. The Morgan fingerprint density at radius 1 is 1.50 bits per heavy atom. The zero-order valence-electron chi connectivity index (χ0n) is 8.31. The van der Waals surface area contributed by atoms with Crippen LogP contribution in [0.25, 0.3) is 11.3 Å². The third-order valence-electron chi connectivity index (χ3n) is 2.18. The Hall–Kier alpha value is -1.69. The van der Waals surface area contributed by atoms with E-state index in [4.69, 9.17) is 4.42 Å². The maximum absolute atomic E-state index is 10.8. The van der Waals surface area contributed by atoms with Crippen molar-refractivity contribution in [3.8, 4) is 11.3 Å². The van der Waals surface area contributed by atoms with Crippen LogP contribution < -0.4 is 0 Å². The van der Waals surface area contributed by atoms with Crippen LogP contribution in [0.3, 0.4) is 0 Å². The Morgan fingerprint density at radius 2 is 2.25 bits per heavy atom. The molecule has 5 nitrogen and oxygen atoms in total. The Bertz CT molecular complexity index is 551. The van der Waals surface area contributed by atoms with E-state index in [2.05, 4.69) is 20.9 Å². The monoisotopic (exact) mass is 282 g/mol. The van der Waals surface area contributed by atoms with Gasteiger partial charge in [0, 0.05) is 33.1 Å². The lowest BCUT2D eigenvalue weighted by atomic mass is 10.1. The van der Waals surface area contributed by atoms with Crippen molar-refractivity contribution < 1.29 is 9.34 Å². The van der Waals surface area contributed by atoms with Gasteiger partial charge in [0.05, 0.1) is 4.92 Å². The minimum atomic E-state index is -0.409. The van der Waals surface area contributed by atoms with Crippen LogP contribution in [0.15, 0.2) is 33.7 Å². The molecule has 1 heterocycles. The predicted octanol–water partition coefficient (Wildman–Crippen LogP) is 3.32. The second-order valence-electron chi connectivity index (χ2n) is 3.24. The standard InChI is InChI=1S/C10H7BrN2O3/c1-6-2-3-7(4-9(6)13(14)15)8-5-16-10(11)12-8/h2-5H,1H3. The SMILES string of the molecule is Cc1ccc(-c2coc(Br)n2)cc1[N+](=O)[O-]. The van der Waals surface area contributed by atoms with Gasteiger partial charge in [-0.05, 0) is 6.92 Å². The molecule has 0 bridgehead atoms. The van der Waals surface area contributed by atoms with E-state index in [1.54, 1.807) is 19.1 Å². The average Bonchev–Trinajstić information content (AvgIpc) is 2.65. The quantitative estimate of drug-likeness (QED) is 0.626. The fourth-order valence-corrected chi connectivity index (χ4v) is 1.63. The van der Waals surface area contributed by atoms with Crippen molar-refractivity contribution in [2.45, 2.75) is 6.92 Å². The first kappa shape index (κ1) is 10.8. The molecule has 0 atom stereocenters. The summed E-state index contributed by atoms with van der Waals surface area (Å²) in [5, 5.41) is 10.8. The van der Waals surface area contributed by atoms with E-state index in [0.29, 0.717) is 21.6 Å². The van der Waals surface area contributed by atoms with Crippen LogP contribution in [-0.4, -0.2) is 9.91 Å². The number of nitro groups is 1. The summed E-state index contributed by atoms with van der Waals surface area (Å²) in [6, 6.07) is 4.95. The van der Waals surface area contributed by atoms with Crippen LogP contribution >= 0.6 is 15.9 Å². The molecule has 16 heavy (non-hydrogen) atoms. The highest BCUT2D eigenvalue weighted by Crippen LogP contribution is 2.27. The highest BCUT2D eigenvalue weighted by molar-refractivity contribution is 9.10. The van der Waals surface area contributed by atoms with Gasteiger partial charge < -0.3 is 4.42 Å². The molecule has 0 aliphatic heterocycles. The van der Waals surface area contributed by atoms with Gasteiger partial charge in [0.15, 0.2) is 0 Å². The summed E-state index contributed by atoms with van der Waals surface area (Å²) in [6.07, 6.45) is 1.44. The van der Waals surface area contributed by atoms with Gasteiger partial charge in [-0.25, -0.2) is 4.98 Å². The molecule has 6 heteroatoms. The van der Waals surface area contributed by atoms with Crippen LogP contribution in [-0.2, 0) is 0 Å². The van der Waals surface area contributed by atoms with E-state index >= 15 is 0 Å². The van der Waals surface area contributed by atoms with Crippen molar-refractivity contribution in [1.82, 2.24) is 4.98 Å². The third-order valence-corrected chi connectivity index (χ3v) is 2.54. The summed E-state index contributed by atoms with van der Waals surface area (Å²) in [6.45, 7) is 1.70. The number of benzene rings is 1. The van der Waals surface area contributed by atoms with E-state index in [1.165, 1.54) is 12.3 Å². The van der Waals surface area contributed by atoms with Crippen molar-refractivity contribution in [3.05, 3.63) is 44.9 Å². The minimum absolute atomic E-state index is 0.0802. The second kappa shape index (κ2) is 4.05. The van der Waals surface area contributed by atoms with Crippen LogP contribution in [0.2, 0.25) is 0 Å². The van der Waals surface area contributed by atoms with Gasteiger partial charge in [-0.1, -0.05) is 12.1 Å². The molecule has 2 rings (SSSR count). The molecular weight excluding hydrogens is 276 g/mol. The van der Waals surface area contributed by atoms with Gasteiger partial charge in [-0.3, -0.25) is 10.1 Å². The number of nitro benzene ring substituents is 1. The number of hydrogen-bond donors (Lipinski definition) is 0. The minimum Gasteiger partial charge on any atom is -0.439 e. The molecule has 0 spiro atoms. The lowest BCUT2D eigenvalue weighted by Gasteiger charge is -1.99. The molecule has 0 aliphatic rings. The molecule has 0 saturated heterocycles. The number of rotatable bonds is 2. The summed E-state index contributed by atoms with van der Waals surface area (Å²) in [5.74, 6) is 0. The Kier molecular flexibility index (Phi) is 2.74. The zero-order valence-corrected chi connectivity index (χ0v) is 9.89. The molecule has 0 fully saturated rings. The normalized spacial score (nSPS) is 10.4. The molecule has 0 N–H and O–H groups in total. The topological polar surface area (TPSA) is 69.2 Å². The van der Waals surface area contributed by atoms with E-state index in [9.17, 15) is 10.1 Å². The van der Waals surface area contributed by atoms with Gasteiger partial charge in [-0.15, -0.1) is 0 Å². The van der Waals surface area contributed by atoms with Crippen LogP contribution in [0.4, 0.5) is 5.69 Å². The number of nitrogens with zero attached hydrogens (tertiary/aromatic N) is 2. The van der Waals surface area contributed by atoms with Crippen molar-refractivity contribution in [1.29, 1.82) is 0 Å². The maximum atomic E-state index is 10.8. The molecule has 1 aromatic carbocycles. The fraction of sp³-hybridized carbons (Fsp3) is 0.100. The third kappa shape index (κ3) is 1.96. The number of halogens is 1. The van der Waals surface area contributed by atoms with Crippen LogP contribution in [0.1, 0.15) is 5.56 Å².